The molecule has 0 spiro atoms. The van der Waals surface area contributed by atoms with E-state index in [1.807, 2.05) is 0 Å². The SMILES string of the molecule is CC(=O)N1CCC(NC2CCOC2)=C(C(N)=Nc2ccc(-c3cnn(C)n3)cc2F)C1. The number of amides is 1. The third-order valence-corrected chi connectivity index (χ3v) is 5.49. The van der Waals surface area contributed by atoms with Crippen LogP contribution in [0.1, 0.15) is 19.8 Å². The fraction of sp³-hybridized carbons (Fsp3) is 0.429. The van der Waals surface area contributed by atoms with Crippen LogP contribution in [-0.2, 0) is 16.6 Å². The van der Waals surface area contributed by atoms with Crippen LogP contribution in [0.3, 0.4) is 0 Å². The summed E-state index contributed by atoms with van der Waals surface area (Å²) in [6.45, 7) is 3.80. The van der Waals surface area contributed by atoms with E-state index >= 15 is 0 Å². The van der Waals surface area contributed by atoms with Gasteiger partial charge in [0.05, 0.1) is 25.4 Å². The van der Waals surface area contributed by atoms with Crippen molar-refractivity contribution in [3.8, 4) is 11.3 Å². The lowest BCUT2D eigenvalue weighted by Gasteiger charge is -2.31. The number of carbonyl (C=O) groups is 1. The number of carbonyl (C=O) groups excluding carboxylic acids is 1. The first kappa shape index (κ1) is 21.0. The zero-order valence-corrected chi connectivity index (χ0v) is 17.6. The lowest BCUT2D eigenvalue weighted by atomic mass is 10.0. The Morgan fingerprint density at radius 3 is 2.90 bits per heavy atom. The summed E-state index contributed by atoms with van der Waals surface area (Å²) in [5.41, 5.74) is 9.27. The molecule has 4 rings (SSSR count). The first-order valence-electron chi connectivity index (χ1n) is 10.2. The van der Waals surface area contributed by atoms with Crippen molar-refractivity contribution in [1.29, 1.82) is 0 Å². The Morgan fingerprint density at radius 2 is 2.26 bits per heavy atom. The summed E-state index contributed by atoms with van der Waals surface area (Å²) in [5, 5.41) is 11.7. The van der Waals surface area contributed by atoms with E-state index in [9.17, 15) is 9.18 Å². The highest BCUT2D eigenvalue weighted by Gasteiger charge is 2.26. The molecule has 1 atom stereocenters. The van der Waals surface area contributed by atoms with Crippen molar-refractivity contribution in [1.82, 2.24) is 25.2 Å². The van der Waals surface area contributed by atoms with Gasteiger partial charge in [0, 0.05) is 50.4 Å². The predicted octanol–water partition coefficient (Wildman–Crippen LogP) is 1.49. The van der Waals surface area contributed by atoms with E-state index in [1.54, 1.807) is 30.3 Å². The molecule has 164 valence electrons. The average molecular weight is 427 g/mol. The van der Waals surface area contributed by atoms with Crippen molar-refractivity contribution in [3.05, 3.63) is 41.5 Å². The van der Waals surface area contributed by atoms with Crippen LogP contribution in [0, 0.1) is 5.82 Å². The van der Waals surface area contributed by atoms with Crippen molar-refractivity contribution in [2.24, 2.45) is 17.8 Å². The molecule has 1 aromatic carbocycles. The Balaban J connectivity index is 1.62. The standard InChI is InChI=1S/C21H26FN7O2/c1-13(30)29-7-5-18(25-15-6-8-31-12-15)16(11-29)21(23)26-19-4-3-14(9-17(19)22)20-10-24-28(2)27-20/h3-4,9-10,15,25H,5-8,11-12H2,1-2H3,(H2,23,26). The number of ether oxygens (including phenoxy) is 1. The van der Waals surface area contributed by atoms with Crippen molar-refractivity contribution < 1.29 is 13.9 Å². The predicted molar refractivity (Wildman–Crippen MR) is 114 cm³/mol. The van der Waals surface area contributed by atoms with Crippen molar-refractivity contribution in [2.75, 3.05) is 26.3 Å². The smallest absolute Gasteiger partial charge is 0.219 e. The topological polar surface area (TPSA) is 111 Å². The largest absolute Gasteiger partial charge is 0.383 e. The monoisotopic (exact) mass is 427 g/mol. The van der Waals surface area contributed by atoms with Gasteiger partial charge in [-0.25, -0.2) is 9.38 Å². The summed E-state index contributed by atoms with van der Waals surface area (Å²) < 4.78 is 20.2. The highest BCUT2D eigenvalue weighted by Crippen LogP contribution is 2.26. The molecule has 1 fully saturated rings. The van der Waals surface area contributed by atoms with Crippen LogP contribution in [0.15, 0.2) is 40.7 Å². The van der Waals surface area contributed by atoms with Crippen LogP contribution >= 0.6 is 0 Å². The quantitative estimate of drug-likeness (QED) is 0.553. The molecule has 0 bridgehead atoms. The molecule has 1 aromatic heterocycles. The van der Waals surface area contributed by atoms with E-state index in [1.165, 1.54) is 17.8 Å². The molecule has 3 heterocycles. The van der Waals surface area contributed by atoms with Crippen molar-refractivity contribution in [2.45, 2.75) is 25.8 Å². The second-order valence-corrected chi connectivity index (χ2v) is 7.74. The lowest BCUT2D eigenvalue weighted by molar-refractivity contribution is -0.128. The Hall–Kier alpha value is -3.27. The summed E-state index contributed by atoms with van der Waals surface area (Å²) >= 11 is 0. The van der Waals surface area contributed by atoms with Crippen LogP contribution < -0.4 is 11.1 Å². The summed E-state index contributed by atoms with van der Waals surface area (Å²) in [7, 11) is 1.70. The highest BCUT2D eigenvalue weighted by molar-refractivity contribution is 6.00. The van der Waals surface area contributed by atoms with E-state index < -0.39 is 5.82 Å². The number of nitrogens with one attached hydrogen (secondary N) is 1. The molecule has 1 saturated heterocycles. The highest BCUT2D eigenvalue weighted by atomic mass is 19.1. The van der Waals surface area contributed by atoms with Crippen LogP contribution in [-0.4, -0.2) is 64.0 Å². The molecular formula is C21H26FN7O2. The third-order valence-electron chi connectivity index (χ3n) is 5.49. The molecule has 1 unspecified atom stereocenters. The van der Waals surface area contributed by atoms with E-state index in [-0.39, 0.29) is 23.5 Å². The fourth-order valence-corrected chi connectivity index (χ4v) is 3.75. The minimum Gasteiger partial charge on any atom is -0.383 e. The number of halogens is 1. The molecule has 2 aliphatic rings. The molecule has 3 N–H and O–H groups in total. The van der Waals surface area contributed by atoms with E-state index in [0.717, 1.165) is 12.1 Å². The van der Waals surface area contributed by atoms with Gasteiger partial charge in [-0.2, -0.15) is 15.0 Å². The zero-order valence-electron chi connectivity index (χ0n) is 17.6. The van der Waals surface area contributed by atoms with Gasteiger partial charge in [-0.3, -0.25) is 4.79 Å². The Kier molecular flexibility index (Phi) is 5.99. The molecule has 2 aliphatic heterocycles. The normalized spacial score (nSPS) is 19.8. The first-order valence-corrected chi connectivity index (χ1v) is 10.2. The van der Waals surface area contributed by atoms with Gasteiger partial charge in [0.15, 0.2) is 0 Å². The number of nitrogens with zero attached hydrogens (tertiary/aromatic N) is 5. The van der Waals surface area contributed by atoms with Gasteiger partial charge in [0.25, 0.3) is 0 Å². The third kappa shape index (κ3) is 4.74. The number of aliphatic imine (C=N–C) groups is 1. The summed E-state index contributed by atoms with van der Waals surface area (Å²) in [6, 6.07) is 4.86. The van der Waals surface area contributed by atoms with Gasteiger partial charge in [0.2, 0.25) is 5.91 Å². The van der Waals surface area contributed by atoms with Crippen LogP contribution in [0.2, 0.25) is 0 Å². The number of aromatic nitrogens is 3. The molecule has 1 amide bonds. The first-order chi connectivity index (χ1) is 14.9. The molecule has 10 heteroatoms. The van der Waals surface area contributed by atoms with Crippen LogP contribution in [0.5, 0.6) is 0 Å². The Bertz CT molecular complexity index is 1040. The van der Waals surface area contributed by atoms with Gasteiger partial charge in [-0.05, 0) is 18.6 Å². The second-order valence-electron chi connectivity index (χ2n) is 7.74. The summed E-state index contributed by atoms with van der Waals surface area (Å²) in [5.74, 6) is -0.351. The molecule has 2 aromatic rings. The molecule has 31 heavy (non-hydrogen) atoms. The molecule has 0 saturated carbocycles. The summed E-state index contributed by atoms with van der Waals surface area (Å²) in [4.78, 5) is 19.4. The lowest BCUT2D eigenvalue weighted by Crippen LogP contribution is -2.43. The van der Waals surface area contributed by atoms with Gasteiger partial charge >= 0.3 is 0 Å². The molecule has 0 radical (unpaired) electrons. The number of hydrogen-bond donors (Lipinski definition) is 2. The van der Waals surface area contributed by atoms with Crippen LogP contribution in [0.25, 0.3) is 11.3 Å². The van der Waals surface area contributed by atoms with Crippen molar-refractivity contribution >= 4 is 17.4 Å². The molecule has 9 nitrogen and oxygen atoms in total. The summed E-state index contributed by atoms with van der Waals surface area (Å²) in [6.07, 6.45) is 3.11. The van der Waals surface area contributed by atoms with E-state index in [0.29, 0.717) is 49.6 Å². The minimum absolute atomic E-state index is 0.0342. The Labute approximate surface area is 179 Å². The number of aryl methyl sites for hydroxylation is 1. The number of hydrogen-bond acceptors (Lipinski definition) is 6. The van der Waals surface area contributed by atoms with Crippen molar-refractivity contribution in [3.63, 3.8) is 0 Å². The second kappa shape index (κ2) is 8.84. The maximum absolute atomic E-state index is 14.8. The molecular weight excluding hydrogens is 401 g/mol. The number of amidine groups is 1. The van der Waals surface area contributed by atoms with Gasteiger partial charge in [0.1, 0.15) is 23.0 Å². The maximum Gasteiger partial charge on any atom is 0.219 e. The van der Waals surface area contributed by atoms with Gasteiger partial charge < -0.3 is 20.7 Å². The number of rotatable bonds is 5. The number of nitrogens with two attached hydrogens (primary N) is 1. The van der Waals surface area contributed by atoms with Gasteiger partial charge in [-0.1, -0.05) is 6.07 Å². The van der Waals surface area contributed by atoms with E-state index in [2.05, 4.69) is 20.5 Å². The minimum atomic E-state index is -0.510. The average Bonchev–Trinajstić information content (AvgIpc) is 3.41. The van der Waals surface area contributed by atoms with E-state index in [4.69, 9.17) is 10.5 Å². The fourth-order valence-electron chi connectivity index (χ4n) is 3.75. The number of benzene rings is 1. The van der Waals surface area contributed by atoms with Crippen LogP contribution in [0.4, 0.5) is 10.1 Å². The molecule has 0 aliphatic carbocycles. The van der Waals surface area contributed by atoms with Gasteiger partial charge in [-0.15, -0.1) is 0 Å². The Morgan fingerprint density at radius 1 is 1.42 bits per heavy atom. The zero-order chi connectivity index (χ0) is 22.0. The maximum atomic E-state index is 14.8.